The zero-order valence-corrected chi connectivity index (χ0v) is 15.4. The highest BCUT2D eigenvalue weighted by atomic mass is 32.2. The molecule has 0 saturated carbocycles. The van der Waals surface area contributed by atoms with Gasteiger partial charge in [-0.1, -0.05) is 20.1 Å². The number of halogens is 3. The molecule has 0 aromatic carbocycles. The molecular weight excluding hydrogens is 377 g/mol. The highest BCUT2D eigenvalue weighted by molar-refractivity contribution is 7.87. The van der Waals surface area contributed by atoms with Gasteiger partial charge < -0.3 is 19.1 Å². The molecule has 1 fully saturated rings. The standard InChI is InChI=1S/C16H25F3O6S/c1-10(12(3)25-26(22,23)16(17,18)19)7-13(21)9-15-11(2)8-14(24-15)5-4-6-20/h10,13-15,20-21H,2-9H2,1H3. The first-order valence-electron chi connectivity index (χ1n) is 8.19. The number of ether oxygens (including phenoxy) is 1. The minimum Gasteiger partial charge on any atom is -0.396 e. The number of aliphatic hydroxyl groups excluding tert-OH is 2. The van der Waals surface area contributed by atoms with E-state index in [-0.39, 0.29) is 25.6 Å². The number of alkyl halides is 3. The first-order chi connectivity index (χ1) is 11.9. The summed E-state index contributed by atoms with van der Waals surface area (Å²) in [6, 6.07) is 0. The van der Waals surface area contributed by atoms with E-state index in [2.05, 4.69) is 17.3 Å². The molecule has 1 saturated heterocycles. The average Bonchev–Trinajstić information content (AvgIpc) is 2.83. The summed E-state index contributed by atoms with van der Waals surface area (Å²) < 4.78 is 68.6. The normalized spacial score (nSPS) is 23.7. The fourth-order valence-electron chi connectivity index (χ4n) is 2.66. The van der Waals surface area contributed by atoms with Gasteiger partial charge in [0, 0.05) is 18.9 Å². The Hall–Kier alpha value is -1.10. The van der Waals surface area contributed by atoms with Gasteiger partial charge in [-0.3, -0.25) is 0 Å². The zero-order chi connectivity index (χ0) is 20.1. The van der Waals surface area contributed by atoms with Crippen molar-refractivity contribution in [1.82, 2.24) is 0 Å². The highest BCUT2D eigenvalue weighted by Gasteiger charge is 2.49. The third kappa shape index (κ3) is 6.57. The number of rotatable bonds is 10. The molecule has 1 aliphatic heterocycles. The molecule has 26 heavy (non-hydrogen) atoms. The molecule has 1 aliphatic rings. The smallest absolute Gasteiger partial charge is 0.396 e. The van der Waals surface area contributed by atoms with E-state index in [1.165, 1.54) is 6.92 Å². The molecule has 0 aliphatic carbocycles. The zero-order valence-electron chi connectivity index (χ0n) is 14.5. The van der Waals surface area contributed by atoms with Crippen LogP contribution in [-0.4, -0.2) is 49.1 Å². The van der Waals surface area contributed by atoms with Gasteiger partial charge in [-0.05, 0) is 31.3 Å². The molecule has 4 atom stereocenters. The topological polar surface area (TPSA) is 93.1 Å². The predicted octanol–water partition coefficient (Wildman–Crippen LogP) is 2.63. The van der Waals surface area contributed by atoms with E-state index in [0.717, 1.165) is 5.57 Å². The van der Waals surface area contributed by atoms with Crippen LogP contribution in [0.1, 0.15) is 39.0 Å². The summed E-state index contributed by atoms with van der Waals surface area (Å²) in [5.41, 5.74) is -4.73. The summed E-state index contributed by atoms with van der Waals surface area (Å²) in [5, 5.41) is 19.0. The van der Waals surface area contributed by atoms with Gasteiger partial charge in [0.15, 0.2) is 0 Å². The maximum absolute atomic E-state index is 12.3. The lowest BCUT2D eigenvalue weighted by Gasteiger charge is -2.22. The van der Waals surface area contributed by atoms with Crippen LogP contribution in [0.25, 0.3) is 0 Å². The van der Waals surface area contributed by atoms with Crippen LogP contribution in [-0.2, 0) is 19.0 Å². The molecule has 0 bridgehead atoms. The van der Waals surface area contributed by atoms with Crippen molar-refractivity contribution in [3.8, 4) is 0 Å². The first-order valence-corrected chi connectivity index (χ1v) is 9.59. The summed E-state index contributed by atoms with van der Waals surface area (Å²) in [4.78, 5) is 0. The van der Waals surface area contributed by atoms with Crippen molar-refractivity contribution < 1.29 is 40.7 Å². The Morgan fingerprint density at radius 3 is 2.62 bits per heavy atom. The Labute approximate surface area is 151 Å². The Morgan fingerprint density at radius 1 is 1.46 bits per heavy atom. The molecule has 4 unspecified atom stereocenters. The average molecular weight is 402 g/mol. The van der Waals surface area contributed by atoms with Gasteiger partial charge in [0.05, 0.1) is 18.3 Å². The van der Waals surface area contributed by atoms with Gasteiger partial charge >= 0.3 is 15.6 Å². The maximum atomic E-state index is 12.3. The van der Waals surface area contributed by atoms with E-state index in [0.29, 0.717) is 19.3 Å². The lowest BCUT2D eigenvalue weighted by Crippen LogP contribution is -2.27. The molecule has 0 radical (unpaired) electrons. The van der Waals surface area contributed by atoms with Gasteiger partial charge in [-0.2, -0.15) is 21.6 Å². The second kappa shape index (κ2) is 9.20. The Kier molecular flexibility index (Phi) is 8.12. The van der Waals surface area contributed by atoms with Gasteiger partial charge in [0.1, 0.15) is 5.76 Å². The fraction of sp³-hybridized carbons (Fsp3) is 0.750. The molecular formula is C16H25F3O6S. The Bertz CT molecular complexity index is 602. The summed E-state index contributed by atoms with van der Waals surface area (Å²) in [6.07, 6.45) is 0.574. The van der Waals surface area contributed by atoms with E-state index in [1.807, 2.05) is 0 Å². The molecule has 6 nitrogen and oxygen atoms in total. The number of aliphatic hydroxyl groups is 2. The monoisotopic (exact) mass is 402 g/mol. The van der Waals surface area contributed by atoms with E-state index in [4.69, 9.17) is 9.84 Å². The van der Waals surface area contributed by atoms with E-state index < -0.39 is 39.5 Å². The van der Waals surface area contributed by atoms with E-state index in [9.17, 15) is 26.7 Å². The summed E-state index contributed by atoms with van der Waals surface area (Å²) in [7, 11) is -5.77. The summed E-state index contributed by atoms with van der Waals surface area (Å²) >= 11 is 0. The predicted molar refractivity (Wildman–Crippen MR) is 88.3 cm³/mol. The van der Waals surface area contributed by atoms with Crippen molar-refractivity contribution >= 4 is 10.1 Å². The largest absolute Gasteiger partial charge is 0.534 e. The lowest BCUT2D eigenvalue weighted by atomic mass is 9.96. The van der Waals surface area contributed by atoms with Crippen LogP contribution in [0.15, 0.2) is 24.5 Å². The second-order valence-electron chi connectivity index (χ2n) is 6.45. The molecule has 0 aromatic heterocycles. The Balaban J connectivity index is 2.51. The van der Waals surface area contributed by atoms with Gasteiger partial charge in [-0.15, -0.1) is 0 Å². The molecule has 1 rings (SSSR count). The van der Waals surface area contributed by atoms with Crippen molar-refractivity contribution in [2.75, 3.05) is 6.61 Å². The number of hydrogen-bond donors (Lipinski definition) is 2. The quantitative estimate of drug-likeness (QED) is 0.253. The van der Waals surface area contributed by atoms with Crippen LogP contribution < -0.4 is 0 Å². The molecule has 0 amide bonds. The van der Waals surface area contributed by atoms with E-state index in [1.54, 1.807) is 0 Å². The second-order valence-corrected chi connectivity index (χ2v) is 7.99. The Morgan fingerprint density at radius 2 is 2.08 bits per heavy atom. The maximum Gasteiger partial charge on any atom is 0.534 e. The summed E-state index contributed by atoms with van der Waals surface area (Å²) in [5.74, 6) is -1.41. The highest BCUT2D eigenvalue weighted by Crippen LogP contribution is 2.32. The van der Waals surface area contributed by atoms with Crippen LogP contribution in [0, 0.1) is 5.92 Å². The molecule has 2 N–H and O–H groups in total. The van der Waals surface area contributed by atoms with Gasteiger partial charge in [0.25, 0.3) is 0 Å². The third-order valence-corrected chi connectivity index (χ3v) is 5.15. The number of allylic oxidation sites excluding steroid dienone is 1. The summed E-state index contributed by atoms with van der Waals surface area (Å²) in [6.45, 7) is 8.57. The van der Waals surface area contributed by atoms with Crippen molar-refractivity contribution in [3.63, 3.8) is 0 Å². The van der Waals surface area contributed by atoms with Crippen LogP contribution in [0.3, 0.4) is 0 Å². The van der Waals surface area contributed by atoms with Crippen LogP contribution in [0.2, 0.25) is 0 Å². The van der Waals surface area contributed by atoms with E-state index >= 15 is 0 Å². The van der Waals surface area contributed by atoms with Crippen LogP contribution in [0.4, 0.5) is 13.2 Å². The van der Waals surface area contributed by atoms with Crippen LogP contribution >= 0.6 is 0 Å². The van der Waals surface area contributed by atoms with Crippen LogP contribution in [0.5, 0.6) is 0 Å². The molecule has 152 valence electrons. The van der Waals surface area contributed by atoms with Crippen molar-refractivity contribution in [2.45, 2.75) is 62.8 Å². The van der Waals surface area contributed by atoms with Crippen molar-refractivity contribution in [2.24, 2.45) is 5.92 Å². The fourth-order valence-corrected chi connectivity index (χ4v) is 3.21. The first kappa shape index (κ1) is 22.9. The lowest BCUT2D eigenvalue weighted by molar-refractivity contribution is -0.0527. The molecule has 10 heteroatoms. The molecule has 0 spiro atoms. The minimum atomic E-state index is -5.77. The van der Waals surface area contributed by atoms with Crippen molar-refractivity contribution in [1.29, 1.82) is 0 Å². The molecule has 1 heterocycles. The SMILES string of the molecule is C=C(OS(=O)(=O)C(F)(F)F)C(C)CC(O)CC1OC(CCCO)CC1=C. The number of hydrogen-bond acceptors (Lipinski definition) is 6. The van der Waals surface area contributed by atoms with Crippen molar-refractivity contribution in [3.05, 3.63) is 24.5 Å². The minimum absolute atomic E-state index is 0.0410. The van der Waals surface area contributed by atoms with Gasteiger partial charge in [-0.25, -0.2) is 0 Å². The van der Waals surface area contributed by atoms with Gasteiger partial charge in [0.2, 0.25) is 0 Å². The molecule has 0 aromatic rings. The third-order valence-electron chi connectivity index (χ3n) is 4.15.